The van der Waals surface area contributed by atoms with Crippen molar-refractivity contribution >= 4 is 38.4 Å². The van der Waals surface area contributed by atoms with E-state index in [1.54, 1.807) is 22.8 Å². The Labute approximate surface area is 216 Å². The van der Waals surface area contributed by atoms with Crippen LogP contribution in [0.5, 0.6) is 0 Å². The number of rotatable bonds is 6. The molecule has 0 aromatic carbocycles. The third-order valence-electron chi connectivity index (χ3n) is 7.36. The number of hydrogen-bond donors (Lipinski definition) is 3. The highest BCUT2D eigenvalue weighted by molar-refractivity contribution is 7.89. The maximum absolute atomic E-state index is 13.7. The van der Waals surface area contributed by atoms with Gasteiger partial charge in [0.25, 0.3) is 0 Å². The van der Waals surface area contributed by atoms with Crippen molar-refractivity contribution in [2.24, 2.45) is 0 Å². The summed E-state index contributed by atoms with van der Waals surface area (Å²) in [6.45, 7) is 3.77. The van der Waals surface area contributed by atoms with Crippen LogP contribution in [0.4, 0.5) is 17.5 Å². The molecule has 6 rings (SSSR count). The summed E-state index contributed by atoms with van der Waals surface area (Å²) in [5.74, 6) is 2.07. The van der Waals surface area contributed by atoms with E-state index in [2.05, 4.69) is 30.8 Å². The number of aryl methyl sites for hydroxylation is 2. The fourth-order valence-electron chi connectivity index (χ4n) is 5.74. The number of aromatic nitrogens is 5. The van der Waals surface area contributed by atoms with Gasteiger partial charge in [0.15, 0.2) is 5.82 Å². The number of anilines is 3. The molecule has 2 fully saturated rings. The first kappa shape index (κ1) is 23.8. The van der Waals surface area contributed by atoms with Gasteiger partial charge >= 0.3 is 0 Å². The van der Waals surface area contributed by atoms with Gasteiger partial charge in [0.05, 0.1) is 5.52 Å². The Morgan fingerprint density at radius 1 is 1.05 bits per heavy atom. The normalized spacial score (nSPS) is 22.2. The highest BCUT2D eigenvalue weighted by Gasteiger charge is 2.45. The van der Waals surface area contributed by atoms with Gasteiger partial charge in [0, 0.05) is 59.9 Å². The van der Waals surface area contributed by atoms with E-state index in [4.69, 9.17) is 4.98 Å². The fraction of sp³-hybridized carbons (Fsp3) is 0.385. The minimum absolute atomic E-state index is 0.0627. The lowest BCUT2D eigenvalue weighted by Crippen LogP contribution is -2.57. The summed E-state index contributed by atoms with van der Waals surface area (Å²) in [6.07, 6.45) is 9.05. The molecule has 4 aromatic rings. The third kappa shape index (κ3) is 4.53. The number of nitrogens with zero attached hydrogens (tertiary/aromatic N) is 5. The second-order valence-electron chi connectivity index (χ2n) is 10.0. The van der Waals surface area contributed by atoms with E-state index in [0.29, 0.717) is 29.4 Å². The summed E-state index contributed by atoms with van der Waals surface area (Å²) >= 11 is 0. The molecule has 3 N–H and O–H groups in total. The number of sulfonamides is 1. The van der Waals surface area contributed by atoms with Crippen molar-refractivity contribution in [3.8, 4) is 0 Å². The van der Waals surface area contributed by atoms with Gasteiger partial charge in [0.2, 0.25) is 10.0 Å². The number of H-pyrrole nitrogens is 1. The van der Waals surface area contributed by atoms with Crippen molar-refractivity contribution in [2.45, 2.75) is 69.0 Å². The molecule has 4 aromatic heterocycles. The van der Waals surface area contributed by atoms with Gasteiger partial charge in [-0.25, -0.2) is 13.4 Å². The number of nitrogens with one attached hydrogen (secondary N) is 3. The Morgan fingerprint density at radius 3 is 2.59 bits per heavy atom. The van der Waals surface area contributed by atoms with Crippen molar-refractivity contribution in [1.82, 2.24) is 29.5 Å². The molecule has 0 spiro atoms. The molecule has 0 aliphatic carbocycles. The van der Waals surface area contributed by atoms with Crippen molar-refractivity contribution in [1.29, 1.82) is 0 Å². The van der Waals surface area contributed by atoms with Crippen molar-refractivity contribution in [2.75, 3.05) is 10.6 Å². The van der Waals surface area contributed by atoms with E-state index in [1.807, 2.05) is 38.1 Å². The van der Waals surface area contributed by atoms with Crippen LogP contribution < -0.4 is 10.6 Å². The molecule has 0 saturated carbocycles. The summed E-state index contributed by atoms with van der Waals surface area (Å²) in [7, 11) is -3.62. The molecular formula is C26H30N8O2S. The second kappa shape index (κ2) is 9.38. The average Bonchev–Trinajstić information content (AvgIpc) is 3.28. The molecule has 2 bridgehead atoms. The predicted molar refractivity (Wildman–Crippen MR) is 142 cm³/mol. The summed E-state index contributed by atoms with van der Waals surface area (Å²) in [5.41, 5.74) is 2.50. The fourth-order valence-corrected chi connectivity index (χ4v) is 7.80. The van der Waals surface area contributed by atoms with Gasteiger partial charge in [-0.2, -0.15) is 9.40 Å². The summed E-state index contributed by atoms with van der Waals surface area (Å²) in [6, 6.07) is 9.46. The number of piperidine rings is 2. The molecule has 192 valence electrons. The van der Waals surface area contributed by atoms with Crippen molar-refractivity contribution in [3.63, 3.8) is 0 Å². The lowest BCUT2D eigenvalue weighted by atomic mass is 9.84. The highest BCUT2D eigenvalue weighted by Crippen LogP contribution is 2.40. The Balaban J connectivity index is 1.28. The Kier molecular flexibility index (Phi) is 6.04. The van der Waals surface area contributed by atoms with Gasteiger partial charge < -0.3 is 10.6 Å². The number of fused-ring (bicyclic) bond motifs is 3. The third-order valence-corrected chi connectivity index (χ3v) is 9.49. The molecule has 6 heterocycles. The predicted octanol–water partition coefficient (Wildman–Crippen LogP) is 4.29. The smallest absolute Gasteiger partial charge is 0.245 e. The monoisotopic (exact) mass is 518 g/mol. The zero-order valence-electron chi connectivity index (χ0n) is 20.8. The first-order valence-electron chi connectivity index (χ1n) is 12.6. The van der Waals surface area contributed by atoms with Crippen LogP contribution in [-0.4, -0.2) is 56.0 Å². The largest absolute Gasteiger partial charge is 0.367 e. The van der Waals surface area contributed by atoms with Crippen LogP contribution in [0.1, 0.15) is 43.4 Å². The number of aromatic amines is 1. The summed E-state index contributed by atoms with van der Waals surface area (Å²) < 4.78 is 29.2. The van der Waals surface area contributed by atoms with Crippen LogP contribution in [0.2, 0.25) is 0 Å². The van der Waals surface area contributed by atoms with E-state index >= 15 is 0 Å². The summed E-state index contributed by atoms with van der Waals surface area (Å²) in [5, 5.41) is 15.0. The zero-order chi connectivity index (χ0) is 25.6. The van der Waals surface area contributed by atoms with Crippen LogP contribution >= 0.6 is 0 Å². The Hall–Kier alpha value is -3.57. The molecule has 37 heavy (non-hydrogen) atoms. The summed E-state index contributed by atoms with van der Waals surface area (Å²) in [4.78, 5) is 13.8. The molecule has 0 amide bonds. The van der Waals surface area contributed by atoms with E-state index in [-0.39, 0.29) is 18.1 Å². The van der Waals surface area contributed by atoms with E-state index in [9.17, 15) is 8.42 Å². The molecule has 2 aliphatic heterocycles. The zero-order valence-corrected chi connectivity index (χ0v) is 21.7. The van der Waals surface area contributed by atoms with Crippen molar-refractivity contribution in [3.05, 3.63) is 60.2 Å². The Morgan fingerprint density at radius 2 is 1.86 bits per heavy atom. The minimum atomic E-state index is -3.62. The van der Waals surface area contributed by atoms with Crippen LogP contribution in [-0.2, 0) is 10.0 Å². The van der Waals surface area contributed by atoms with Crippen LogP contribution in [0, 0.1) is 13.8 Å². The molecular weight excluding hydrogens is 488 g/mol. The molecule has 10 nitrogen and oxygen atoms in total. The Bertz CT molecular complexity index is 1540. The second-order valence-corrected chi connectivity index (χ2v) is 11.8. The standard InChI is InChI=1S/C26H30N8O2S/c1-16-8-10-27-15-23(16)37(35,36)34-19-5-3-6-20(34)13-18(12-19)29-26-21-7-4-9-28-22(21)14-24(31-26)30-25-11-17(2)32-33-25/h4,7-11,14-15,18-20H,3,5-6,12-13H2,1-2H3,(H3,29,30,31,32,33)/t18?,19-,20+. The first-order chi connectivity index (χ1) is 17.9. The van der Waals surface area contributed by atoms with Gasteiger partial charge in [-0.1, -0.05) is 6.42 Å². The molecule has 11 heteroatoms. The van der Waals surface area contributed by atoms with Gasteiger partial charge in [-0.15, -0.1) is 0 Å². The lowest BCUT2D eigenvalue weighted by Gasteiger charge is -2.48. The van der Waals surface area contributed by atoms with Gasteiger partial charge in [0.1, 0.15) is 16.5 Å². The molecule has 1 unspecified atom stereocenters. The van der Waals surface area contributed by atoms with Crippen LogP contribution in [0.3, 0.4) is 0 Å². The maximum atomic E-state index is 13.7. The van der Waals surface area contributed by atoms with Gasteiger partial charge in [-0.3, -0.25) is 15.1 Å². The molecule has 0 radical (unpaired) electrons. The van der Waals surface area contributed by atoms with E-state index < -0.39 is 10.0 Å². The SMILES string of the molecule is Cc1cc(Nc2cc3ncccc3c(NC3C[C@H]4CCC[C@@H](C3)N4S(=O)(=O)c3cnccc3C)n2)n[nH]1. The number of pyridine rings is 3. The molecule has 3 atom stereocenters. The number of hydrogen-bond acceptors (Lipinski definition) is 8. The maximum Gasteiger partial charge on any atom is 0.245 e. The average molecular weight is 519 g/mol. The molecule has 2 saturated heterocycles. The highest BCUT2D eigenvalue weighted by atomic mass is 32.2. The van der Waals surface area contributed by atoms with E-state index in [0.717, 1.165) is 47.2 Å². The topological polar surface area (TPSA) is 129 Å². The van der Waals surface area contributed by atoms with Crippen LogP contribution in [0.25, 0.3) is 10.9 Å². The quantitative estimate of drug-likeness (QED) is 0.345. The van der Waals surface area contributed by atoms with Crippen molar-refractivity contribution < 1.29 is 8.42 Å². The first-order valence-corrected chi connectivity index (χ1v) is 14.1. The minimum Gasteiger partial charge on any atom is -0.367 e. The van der Waals surface area contributed by atoms with Crippen LogP contribution in [0.15, 0.2) is 53.8 Å². The van der Waals surface area contributed by atoms with Gasteiger partial charge in [-0.05, 0) is 63.3 Å². The lowest BCUT2D eigenvalue weighted by molar-refractivity contribution is 0.116. The van der Waals surface area contributed by atoms with E-state index in [1.165, 1.54) is 6.20 Å². The molecule has 2 aliphatic rings.